The number of sulfone groups is 1. The Morgan fingerprint density at radius 1 is 0.895 bits per heavy atom. The number of esters is 1. The Labute approximate surface area is 217 Å². The van der Waals surface area contributed by atoms with Crippen molar-refractivity contribution in [2.75, 3.05) is 30.9 Å². The van der Waals surface area contributed by atoms with Crippen LogP contribution in [0.2, 0.25) is 0 Å². The first kappa shape index (κ1) is 28.3. The van der Waals surface area contributed by atoms with E-state index in [1.54, 1.807) is 12.1 Å². The second-order valence-corrected chi connectivity index (χ2v) is 11.0. The van der Waals surface area contributed by atoms with E-state index in [1.807, 2.05) is 0 Å². The second kappa shape index (κ2) is 11.4. The van der Waals surface area contributed by atoms with Crippen LogP contribution >= 0.6 is 0 Å². The molecule has 3 aromatic carbocycles. The average molecular weight is 563 g/mol. The molecule has 0 aliphatic carbocycles. The molecule has 16 heteroatoms. The van der Waals surface area contributed by atoms with Gasteiger partial charge in [0.25, 0.3) is 10.1 Å². The Morgan fingerprint density at radius 3 is 2.13 bits per heavy atom. The average Bonchev–Trinajstić information content (AvgIpc) is 2.87. The van der Waals surface area contributed by atoms with Gasteiger partial charge in [-0.25, -0.2) is 13.2 Å². The van der Waals surface area contributed by atoms with Crippen molar-refractivity contribution in [3.05, 3.63) is 60.2 Å². The van der Waals surface area contributed by atoms with Gasteiger partial charge in [-0.15, -0.1) is 15.3 Å². The normalized spacial score (nSPS) is 12.3. The maximum atomic E-state index is 12.0. The standard InChI is InChI=1S/C22H22N6O8S2/c1-36-22(30)15-4-2-3-5-16(15)26-28-21-19(23)17(12-18(20(21)24)38(33,34)35)27-25-13-6-8-14(9-7-13)37(31,32)11-10-29/h2-9,12,29H,10-11,23-24H2,1H3,(H,33,34,35). The molecule has 3 rings (SSSR count). The monoisotopic (exact) mass is 562 g/mol. The number of hydrogen-bond donors (Lipinski definition) is 4. The highest BCUT2D eigenvalue weighted by Crippen LogP contribution is 2.43. The summed E-state index contributed by atoms with van der Waals surface area (Å²) in [6.45, 7) is -0.537. The lowest BCUT2D eigenvalue weighted by Gasteiger charge is -2.10. The molecule has 0 spiro atoms. The highest BCUT2D eigenvalue weighted by molar-refractivity contribution is 7.91. The first-order valence-corrected chi connectivity index (χ1v) is 13.6. The number of rotatable bonds is 9. The molecule has 200 valence electrons. The number of ether oxygens (including phenoxy) is 1. The third kappa shape index (κ3) is 6.35. The van der Waals surface area contributed by atoms with Crippen molar-refractivity contribution in [2.45, 2.75) is 9.79 Å². The van der Waals surface area contributed by atoms with E-state index in [-0.39, 0.29) is 38.9 Å². The van der Waals surface area contributed by atoms with Crippen LogP contribution in [0, 0.1) is 0 Å². The maximum absolute atomic E-state index is 12.0. The summed E-state index contributed by atoms with van der Waals surface area (Å²) in [7, 11) is -7.35. The molecule has 3 aromatic rings. The Bertz CT molecular complexity index is 1640. The Kier molecular flexibility index (Phi) is 8.52. The number of nitrogen functional groups attached to an aromatic ring is 2. The number of aliphatic hydroxyl groups is 1. The summed E-state index contributed by atoms with van der Waals surface area (Å²) in [5.41, 5.74) is 10.9. The number of carbonyl (C=O) groups is 1. The second-order valence-electron chi connectivity index (χ2n) is 7.49. The molecule has 38 heavy (non-hydrogen) atoms. The molecule has 0 saturated heterocycles. The summed E-state index contributed by atoms with van der Waals surface area (Å²) in [6, 6.07) is 12.1. The summed E-state index contributed by atoms with van der Waals surface area (Å²) in [6.07, 6.45) is 0. The molecule has 6 N–H and O–H groups in total. The summed E-state index contributed by atoms with van der Waals surface area (Å²) in [4.78, 5) is 11.2. The minimum Gasteiger partial charge on any atom is -0.465 e. The van der Waals surface area contributed by atoms with E-state index in [2.05, 4.69) is 20.5 Å². The lowest BCUT2D eigenvalue weighted by Crippen LogP contribution is -2.09. The molecule has 0 bridgehead atoms. The fourth-order valence-corrected chi connectivity index (χ4v) is 4.75. The predicted octanol–water partition coefficient (Wildman–Crippen LogP) is 3.48. The van der Waals surface area contributed by atoms with Gasteiger partial charge in [-0.1, -0.05) is 12.1 Å². The number of azo groups is 2. The number of benzene rings is 3. The summed E-state index contributed by atoms with van der Waals surface area (Å²) in [5.74, 6) is -1.15. The Balaban J connectivity index is 2.07. The molecule has 14 nitrogen and oxygen atoms in total. The van der Waals surface area contributed by atoms with E-state index >= 15 is 0 Å². The van der Waals surface area contributed by atoms with Crippen LogP contribution in [0.5, 0.6) is 0 Å². The van der Waals surface area contributed by atoms with Gasteiger partial charge in [0.1, 0.15) is 22.0 Å². The van der Waals surface area contributed by atoms with Gasteiger partial charge in [-0.2, -0.15) is 13.5 Å². The van der Waals surface area contributed by atoms with Crippen LogP contribution < -0.4 is 11.5 Å². The van der Waals surface area contributed by atoms with Gasteiger partial charge in [0.05, 0.1) is 47.0 Å². The van der Waals surface area contributed by atoms with Crippen molar-refractivity contribution in [1.29, 1.82) is 0 Å². The molecule has 0 heterocycles. The molecule has 0 unspecified atom stereocenters. The molecular formula is C22H22N6O8S2. The van der Waals surface area contributed by atoms with Gasteiger partial charge in [0.2, 0.25) is 0 Å². The lowest BCUT2D eigenvalue weighted by atomic mass is 10.2. The van der Waals surface area contributed by atoms with Crippen LogP contribution in [0.25, 0.3) is 0 Å². The van der Waals surface area contributed by atoms with Crippen LogP contribution in [-0.4, -0.2) is 51.9 Å². The third-order valence-electron chi connectivity index (χ3n) is 4.99. The van der Waals surface area contributed by atoms with Crippen LogP contribution in [-0.2, 0) is 24.7 Å². The van der Waals surface area contributed by atoms with Gasteiger partial charge in [0.15, 0.2) is 9.84 Å². The van der Waals surface area contributed by atoms with Gasteiger partial charge < -0.3 is 21.3 Å². The van der Waals surface area contributed by atoms with Crippen molar-refractivity contribution in [2.24, 2.45) is 20.5 Å². The number of aliphatic hydroxyl groups excluding tert-OH is 1. The molecule has 0 atom stereocenters. The Hall–Kier alpha value is -4.25. The molecular weight excluding hydrogens is 540 g/mol. The number of nitrogens with two attached hydrogens (primary N) is 2. The van der Waals surface area contributed by atoms with E-state index in [9.17, 15) is 26.2 Å². The Morgan fingerprint density at radius 2 is 1.53 bits per heavy atom. The minimum absolute atomic E-state index is 0.0407. The fraction of sp³-hybridized carbons (Fsp3) is 0.136. The van der Waals surface area contributed by atoms with Crippen LogP contribution in [0.15, 0.2) is 84.8 Å². The quantitative estimate of drug-likeness (QED) is 0.128. The van der Waals surface area contributed by atoms with Gasteiger partial charge >= 0.3 is 5.97 Å². The van der Waals surface area contributed by atoms with Crippen molar-refractivity contribution in [3.8, 4) is 0 Å². The minimum atomic E-state index is -4.86. The molecule has 0 aliphatic heterocycles. The smallest absolute Gasteiger partial charge is 0.340 e. The molecule has 0 saturated carbocycles. The van der Waals surface area contributed by atoms with Gasteiger partial charge in [-0.05, 0) is 42.5 Å². The van der Waals surface area contributed by atoms with Crippen LogP contribution in [0.3, 0.4) is 0 Å². The fourth-order valence-electron chi connectivity index (χ4n) is 3.08. The van der Waals surface area contributed by atoms with Crippen molar-refractivity contribution in [1.82, 2.24) is 0 Å². The van der Waals surface area contributed by atoms with Gasteiger partial charge in [0, 0.05) is 0 Å². The SMILES string of the molecule is COC(=O)c1ccccc1N=Nc1c(N)c(N=Nc2ccc(S(=O)(=O)CCO)cc2)cc(S(=O)(=O)O)c1N. The van der Waals surface area contributed by atoms with E-state index in [0.717, 1.165) is 6.07 Å². The van der Waals surface area contributed by atoms with Crippen molar-refractivity contribution >= 4 is 60.0 Å². The summed E-state index contributed by atoms with van der Waals surface area (Å²) < 4.78 is 62.3. The topological polar surface area (TPSA) is 237 Å². The molecule has 0 amide bonds. The van der Waals surface area contributed by atoms with Crippen LogP contribution in [0.4, 0.5) is 34.1 Å². The molecule has 0 fully saturated rings. The van der Waals surface area contributed by atoms with E-state index in [0.29, 0.717) is 0 Å². The molecule has 0 radical (unpaired) electrons. The number of anilines is 2. The zero-order valence-corrected chi connectivity index (χ0v) is 21.3. The highest BCUT2D eigenvalue weighted by atomic mass is 32.2. The maximum Gasteiger partial charge on any atom is 0.340 e. The van der Waals surface area contributed by atoms with Crippen molar-refractivity contribution < 1.29 is 36.0 Å². The number of nitrogens with zero attached hydrogens (tertiary/aromatic N) is 4. The first-order chi connectivity index (χ1) is 17.9. The van der Waals surface area contributed by atoms with Crippen LogP contribution in [0.1, 0.15) is 10.4 Å². The first-order valence-electron chi connectivity index (χ1n) is 10.5. The van der Waals surface area contributed by atoms with Crippen molar-refractivity contribution in [3.63, 3.8) is 0 Å². The largest absolute Gasteiger partial charge is 0.465 e. The lowest BCUT2D eigenvalue weighted by molar-refractivity contribution is 0.0601. The number of methoxy groups -OCH3 is 1. The van der Waals surface area contributed by atoms with E-state index in [4.69, 9.17) is 21.3 Å². The molecule has 0 aromatic heterocycles. The zero-order chi connectivity index (χ0) is 28.1. The molecule has 0 aliphatic rings. The highest BCUT2D eigenvalue weighted by Gasteiger charge is 2.23. The zero-order valence-electron chi connectivity index (χ0n) is 19.7. The predicted molar refractivity (Wildman–Crippen MR) is 137 cm³/mol. The van der Waals surface area contributed by atoms with E-state index < -0.39 is 48.9 Å². The number of hydrogen-bond acceptors (Lipinski definition) is 13. The van der Waals surface area contributed by atoms with Gasteiger partial charge in [-0.3, -0.25) is 4.55 Å². The number of carbonyl (C=O) groups excluding carboxylic acids is 1. The van der Waals surface area contributed by atoms with E-state index in [1.165, 1.54) is 43.5 Å². The third-order valence-corrected chi connectivity index (χ3v) is 7.60. The summed E-state index contributed by atoms with van der Waals surface area (Å²) >= 11 is 0. The summed E-state index contributed by atoms with van der Waals surface area (Å²) in [5, 5.41) is 24.6.